The molecule has 0 radical (unpaired) electrons. The zero-order chi connectivity index (χ0) is 31.5. The summed E-state index contributed by atoms with van der Waals surface area (Å²) in [5.74, 6) is 0. The number of para-hydroxylation sites is 2. The van der Waals surface area contributed by atoms with Crippen LogP contribution in [0.5, 0.6) is 0 Å². The molecular formula is C43H23N3OS. The van der Waals surface area contributed by atoms with Crippen LogP contribution >= 0.6 is 11.3 Å². The summed E-state index contributed by atoms with van der Waals surface area (Å²) in [5.41, 5.74) is 9.12. The molecule has 0 fully saturated rings. The maximum atomic E-state index is 9.62. The van der Waals surface area contributed by atoms with E-state index < -0.39 is 0 Å². The van der Waals surface area contributed by atoms with Gasteiger partial charge in [0.25, 0.3) is 0 Å². The molecule has 0 aliphatic carbocycles. The van der Waals surface area contributed by atoms with Crippen molar-refractivity contribution in [1.29, 1.82) is 5.26 Å². The van der Waals surface area contributed by atoms with Gasteiger partial charge in [0.15, 0.2) is 0 Å². The number of furan rings is 1. The van der Waals surface area contributed by atoms with Crippen LogP contribution in [0.15, 0.2) is 144 Å². The number of benzene rings is 7. The molecular weight excluding hydrogens is 607 g/mol. The summed E-state index contributed by atoms with van der Waals surface area (Å²) >= 11 is 1.85. The average molecular weight is 630 g/mol. The highest BCUT2D eigenvalue weighted by atomic mass is 32.1. The fourth-order valence-electron chi connectivity index (χ4n) is 7.89. The Morgan fingerprint density at radius 2 is 1.10 bits per heavy atom. The van der Waals surface area contributed by atoms with Crippen molar-refractivity contribution >= 4 is 97.1 Å². The molecule has 7 aromatic carbocycles. The minimum Gasteiger partial charge on any atom is -0.456 e. The lowest BCUT2D eigenvalue weighted by Crippen LogP contribution is -1.94. The Kier molecular flexibility index (Phi) is 5.03. The molecule has 0 atom stereocenters. The number of rotatable bonds is 2. The second kappa shape index (κ2) is 9.36. The van der Waals surface area contributed by atoms with Crippen LogP contribution in [0.2, 0.25) is 0 Å². The summed E-state index contributed by atoms with van der Waals surface area (Å²) in [5, 5.41) is 19.0. The van der Waals surface area contributed by atoms with Gasteiger partial charge in [-0.05, 0) is 78.9 Å². The third kappa shape index (κ3) is 3.37. The first-order valence-corrected chi connectivity index (χ1v) is 16.8. The van der Waals surface area contributed by atoms with Crippen LogP contribution in [0, 0.1) is 11.3 Å². The third-order valence-electron chi connectivity index (χ3n) is 9.93. The second-order valence-electron chi connectivity index (χ2n) is 12.4. The number of thiophene rings is 1. The number of nitrogens with zero attached hydrogens (tertiary/aromatic N) is 3. The van der Waals surface area contributed by atoms with Crippen LogP contribution in [0.4, 0.5) is 0 Å². The van der Waals surface area contributed by atoms with Crippen molar-refractivity contribution in [2.75, 3.05) is 0 Å². The predicted molar refractivity (Wildman–Crippen MR) is 200 cm³/mol. The average Bonchev–Trinajstić information content (AvgIpc) is 3.88. The van der Waals surface area contributed by atoms with E-state index in [1.165, 1.54) is 42.0 Å². The molecule has 0 amide bonds. The Bertz CT molecular complexity index is 3200. The van der Waals surface area contributed by atoms with Gasteiger partial charge in [-0.25, -0.2) is 0 Å². The standard InChI is InChI=1S/C43H23N3OS/c44-24-25-13-17-37-32(21-25)29-8-2-4-10-35(29)45(37)26-14-18-38-33(22-26)34-23-27(15-19-39(34)47-38)46-36-11-5-1-7-28(36)30-16-20-41-42(43(30)46)31-9-3-6-12-40(31)48-41/h1-23H. The molecule has 11 aromatic rings. The van der Waals surface area contributed by atoms with Crippen LogP contribution in [-0.4, -0.2) is 9.13 Å². The van der Waals surface area contributed by atoms with Crippen LogP contribution in [0.25, 0.3) is 97.1 Å². The van der Waals surface area contributed by atoms with Gasteiger partial charge >= 0.3 is 0 Å². The molecule has 0 spiro atoms. The van der Waals surface area contributed by atoms with Gasteiger partial charge in [-0.15, -0.1) is 11.3 Å². The predicted octanol–water partition coefficient (Wildman–Crippen LogP) is 12.0. The van der Waals surface area contributed by atoms with E-state index in [1.807, 2.05) is 23.5 Å². The normalized spacial score (nSPS) is 12.1. The zero-order valence-corrected chi connectivity index (χ0v) is 26.3. The molecule has 222 valence electrons. The Labute approximate surface area is 277 Å². The van der Waals surface area contributed by atoms with E-state index in [0.717, 1.165) is 55.1 Å². The fourth-order valence-corrected chi connectivity index (χ4v) is 8.99. The number of nitriles is 1. The van der Waals surface area contributed by atoms with Gasteiger partial charge in [-0.3, -0.25) is 0 Å². The summed E-state index contributed by atoms with van der Waals surface area (Å²) in [7, 11) is 0. The van der Waals surface area contributed by atoms with Gasteiger partial charge in [0.2, 0.25) is 0 Å². The fraction of sp³-hybridized carbons (Fsp3) is 0. The molecule has 0 saturated carbocycles. The van der Waals surface area contributed by atoms with Gasteiger partial charge in [0.1, 0.15) is 11.2 Å². The first-order valence-electron chi connectivity index (χ1n) is 16.0. The van der Waals surface area contributed by atoms with Gasteiger partial charge in [-0.2, -0.15) is 5.26 Å². The summed E-state index contributed by atoms with van der Waals surface area (Å²) in [4.78, 5) is 0. The molecule has 4 nitrogen and oxygen atoms in total. The van der Waals surface area contributed by atoms with Crippen molar-refractivity contribution in [1.82, 2.24) is 9.13 Å². The third-order valence-corrected chi connectivity index (χ3v) is 11.1. The molecule has 48 heavy (non-hydrogen) atoms. The second-order valence-corrected chi connectivity index (χ2v) is 13.5. The molecule has 4 heterocycles. The van der Waals surface area contributed by atoms with E-state index in [0.29, 0.717) is 5.56 Å². The molecule has 0 aliphatic heterocycles. The lowest BCUT2D eigenvalue weighted by molar-refractivity contribution is 0.669. The van der Waals surface area contributed by atoms with Crippen molar-refractivity contribution in [2.45, 2.75) is 0 Å². The number of hydrogen-bond acceptors (Lipinski definition) is 3. The summed E-state index contributed by atoms with van der Waals surface area (Å²) in [6, 6.07) is 51.7. The van der Waals surface area contributed by atoms with Crippen molar-refractivity contribution in [3.8, 4) is 17.4 Å². The maximum absolute atomic E-state index is 9.62. The topological polar surface area (TPSA) is 46.8 Å². The minimum absolute atomic E-state index is 0.659. The van der Waals surface area contributed by atoms with Gasteiger partial charge in [0, 0.05) is 63.9 Å². The van der Waals surface area contributed by atoms with E-state index in [2.05, 4.69) is 143 Å². The first kappa shape index (κ1) is 25.8. The molecule has 0 unspecified atom stereocenters. The van der Waals surface area contributed by atoms with Crippen molar-refractivity contribution in [3.05, 3.63) is 145 Å². The highest BCUT2D eigenvalue weighted by molar-refractivity contribution is 7.26. The van der Waals surface area contributed by atoms with Crippen LogP contribution in [0.1, 0.15) is 5.56 Å². The number of aromatic nitrogens is 2. The number of hydrogen-bond donors (Lipinski definition) is 0. The van der Waals surface area contributed by atoms with Gasteiger partial charge in [0.05, 0.1) is 33.7 Å². The molecule has 0 bridgehead atoms. The highest BCUT2D eigenvalue weighted by Crippen LogP contribution is 2.44. The Morgan fingerprint density at radius 1 is 0.479 bits per heavy atom. The van der Waals surface area contributed by atoms with E-state index >= 15 is 0 Å². The smallest absolute Gasteiger partial charge is 0.135 e. The van der Waals surface area contributed by atoms with Crippen molar-refractivity contribution in [2.24, 2.45) is 0 Å². The molecule has 11 rings (SSSR count). The first-order chi connectivity index (χ1) is 23.7. The summed E-state index contributed by atoms with van der Waals surface area (Å²) in [6.45, 7) is 0. The Morgan fingerprint density at radius 3 is 1.85 bits per heavy atom. The van der Waals surface area contributed by atoms with Crippen LogP contribution < -0.4 is 0 Å². The molecule has 0 aliphatic rings. The van der Waals surface area contributed by atoms with E-state index in [1.54, 1.807) is 0 Å². The van der Waals surface area contributed by atoms with Crippen LogP contribution in [0.3, 0.4) is 0 Å². The number of fused-ring (bicyclic) bond motifs is 13. The van der Waals surface area contributed by atoms with Crippen molar-refractivity contribution < 1.29 is 4.42 Å². The van der Waals surface area contributed by atoms with E-state index in [4.69, 9.17) is 4.42 Å². The SMILES string of the molecule is N#Cc1ccc2c(c1)c1ccccc1n2-c1ccc2oc3ccc(-n4c5ccccc5c5ccc6sc7ccccc7c6c54)cc3c2c1. The van der Waals surface area contributed by atoms with Crippen LogP contribution in [-0.2, 0) is 0 Å². The summed E-state index contributed by atoms with van der Waals surface area (Å²) < 4.78 is 13.8. The molecule has 4 aromatic heterocycles. The monoisotopic (exact) mass is 629 g/mol. The minimum atomic E-state index is 0.659. The Hall–Kier alpha value is -6.35. The van der Waals surface area contributed by atoms with Crippen molar-refractivity contribution in [3.63, 3.8) is 0 Å². The summed E-state index contributed by atoms with van der Waals surface area (Å²) in [6.07, 6.45) is 0. The quantitative estimate of drug-likeness (QED) is 0.191. The van der Waals surface area contributed by atoms with E-state index in [9.17, 15) is 5.26 Å². The highest BCUT2D eigenvalue weighted by Gasteiger charge is 2.20. The Balaban J connectivity index is 1.20. The maximum Gasteiger partial charge on any atom is 0.135 e. The van der Waals surface area contributed by atoms with E-state index in [-0.39, 0.29) is 0 Å². The van der Waals surface area contributed by atoms with Gasteiger partial charge < -0.3 is 13.6 Å². The lowest BCUT2D eigenvalue weighted by Gasteiger charge is -2.10. The lowest BCUT2D eigenvalue weighted by atomic mass is 10.1. The molecule has 0 N–H and O–H groups in total. The molecule has 0 saturated heterocycles. The zero-order valence-electron chi connectivity index (χ0n) is 25.4. The molecule has 5 heteroatoms. The largest absolute Gasteiger partial charge is 0.456 e. The van der Waals surface area contributed by atoms with Gasteiger partial charge in [-0.1, -0.05) is 60.7 Å².